The van der Waals surface area contributed by atoms with Crippen LogP contribution in [0.15, 0.2) is 23.8 Å². The number of hydrogen-bond acceptors (Lipinski definition) is 6. The maximum absolute atomic E-state index is 10.5. The van der Waals surface area contributed by atoms with Gasteiger partial charge in [-0.25, -0.2) is 0 Å². The zero-order valence-electron chi connectivity index (χ0n) is 26.4. The molecule has 1 saturated heterocycles. The van der Waals surface area contributed by atoms with Crippen LogP contribution in [0.5, 0.6) is 0 Å². The molecular formula is C35H58O6. The molecule has 6 nitrogen and oxygen atoms in total. The van der Waals surface area contributed by atoms with Crippen molar-refractivity contribution in [3.8, 4) is 0 Å². The van der Waals surface area contributed by atoms with Crippen LogP contribution in [0.4, 0.5) is 0 Å². The highest BCUT2D eigenvalue weighted by Crippen LogP contribution is 2.67. The summed E-state index contributed by atoms with van der Waals surface area (Å²) >= 11 is 0. The van der Waals surface area contributed by atoms with Gasteiger partial charge in [0.1, 0.15) is 24.4 Å². The molecule has 0 spiro atoms. The molecule has 4 N–H and O–H groups in total. The van der Waals surface area contributed by atoms with E-state index in [4.69, 9.17) is 9.47 Å². The highest BCUT2D eigenvalue weighted by molar-refractivity contribution is 5.28. The van der Waals surface area contributed by atoms with E-state index >= 15 is 0 Å². The van der Waals surface area contributed by atoms with Gasteiger partial charge in [-0.1, -0.05) is 65.3 Å². The summed E-state index contributed by atoms with van der Waals surface area (Å²) in [5.41, 5.74) is 2.41. The molecule has 0 aromatic heterocycles. The van der Waals surface area contributed by atoms with Crippen molar-refractivity contribution >= 4 is 0 Å². The lowest BCUT2D eigenvalue weighted by molar-refractivity contribution is -0.315. The molecule has 41 heavy (non-hydrogen) atoms. The number of hydrogen-bond donors (Lipinski definition) is 4. The first-order valence-electron chi connectivity index (χ1n) is 16.8. The smallest absolute Gasteiger partial charge is 0.186 e. The van der Waals surface area contributed by atoms with Crippen LogP contribution in [0.1, 0.15) is 99.3 Å². The lowest BCUT2D eigenvalue weighted by Crippen LogP contribution is -2.60. The molecule has 234 valence electrons. The molecule has 5 rings (SSSR count). The highest BCUT2D eigenvalue weighted by Gasteiger charge is 2.58. The molecule has 0 radical (unpaired) electrons. The van der Waals surface area contributed by atoms with Crippen LogP contribution in [0.2, 0.25) is 0 Å². The van der Waals surface area contributed by atoms with E-state index in [1.165, 1.54) is 32.1 Å². The molecule has 6 heteroatoms. The van der Waals surface area contributed by atoms with E-state index in [0.717, 1.165) is 31.6 Å². The van der Waals surface area contributed by atoms with Crippen LogP contribution in [0, 0.1) is 52.3 Å². The zero-order valence-corrected chi connectivity index (χ0v) is 26.4. The Balaban J connectivity index is 1.26. The van der Waals surface area contributed by atoms with Gasteiger partial charge in [0.2, 0.25) is 0 Å². The fraction of sp³-hybridized carbons (Fsp3) is 0.886. The Labute approximate surface area is 248 Å². The van der Waals surface area contributed by atoms with E-state index in [9.17, 15) is 20.4 Å². The van der Waals surface area contributed by atoms with Gasteiger partial charge >= 0.3 is 0 Å². The number of aliphatic hydroxyl groups excluding tert-OH is 4. The number of ether oxygens (including phenoxy) is 2. The summed E-state index contributed by atoms with van der Waals surface area (Å²) in [7, 11) is 0. The van der Waals surface area contributed by atoms with Crippen LogP contribution in [-0.2, 0) is 9.47 Å². The Bertz CT molecular complexity index is 960. The molecule has 5 aliphatic rings. The van der Waals surface area contributed by atoms with Gasteiger partial charge in [-0.15, -0.1) is 0 Å². The Kier molecular flexibility index (Phi) is 9.51. The summed E-state index contributed by atoms with van der Waals surface area (Å²) in [6.07, 6.45) is 12.0. The average Bonchev–Trinajstić information content (AvgIpc) is 3.30. The topological polar surface area (TPSA) is 99.4 Å². The summed E-state index contributed by atoms with van der Waals surface area (Å²) in [5, 5.41) is 40.4. The third-order valence-electron chi connectivity index (χ3n) is 12.9. The molecule has 3 saturated carbocycles. The van der Waals surface area contributed by atoms with Crippen LogP contribution < -0.4 is 0 Å². The van der Waals surface area contributed by atoms with Crippen molar-refractivity contribution in [2.45, 2.75) is 136 Å². The largest absolute Gasteiger partial charge is 0.394 e. The Hall–Kier alpha value is -0.760. The number of allylic oxidation sites excluding steroid dienone is 4. The van der Waals surface area contributed by atoms with E-state index in [0.29, 0.717) is 40.9 Å². The second-order valence-corrected chi connectivity index (χ2v) is 15.3. The van der Waals surface area contributed by atoms with Gasteiger partial charge in [0, 0.05) is 0 Å². The van der Waals surface area contributed by atoms with Crippen LogP contribution >= 0.6 is 0 Å². The van der Waals surface area contributed by atoms with Gasteiger partial charge in [-0.3, -0.25) is 0 Å². The molecule has 0 aromatic carbocycles. The second kappa shape index (κ2) is 12.3. The predicted molar refractivity (Wildman–Crippen MR) is 161 cm³/mol. The van der Waals surface area contributed by atoms with Crippen LogP contribution in [-0.4, -0.2) is 63.8 Å². The molecule has 4 fully saturated rings. The summed E-state index contributed by atoms with van der Waals surface area (Å²) in [6, 6.07) is 0. The van der Waals surface area contributed by atoms with E-state index in [-0.39, 0.29) is 11.5 Å². The summed E-state index contributed by atoms with van der Waals surface area (Å²) in [4.78, 5) is 0. The van der Waals surface area contributed by atoms with Gasteiger partial charge in [0.25, 0.3) is 0 Å². The predicted octanol–water partition coefficient (Wildman–Crippen LogP) is 5.63. The van der Waals surface area contributed by atoms with Crippen molar-refractivity contribution in [1.29, 1.82) is 0 Å². The Morgan fingerprint density at radius 3 is 2.34 bits per heavy atom. The second-order valence-electron chi connectivity index (χ2n) is 15.3. The van der Waals surface area contributed by atoms with Crippen molar-refractivity contribution < 1.29 is 29.9 Å². The summed E-state index contributed by atoms with van der Waals surface area (Å²) in [5.74, 6) is 4.61. The van der Waals surface area contributed by atoms with Crippen molar-refractivity contribution in [3.05, 3.63) is 23.8 Å². The molecule has 1 heterocycles. The minimum atomic E-state index is -1.40. The monoisotopic (exact) mass is 574 g/mol. The number of aliphatic hydroxyl groups is 4. The van der Waals surface area contributed by atoms with Gasteiger partial charge in [-0.2, -0.15) is 0 Å². The van der Waals surface area contributed by atoms with Gasteiger partial charge in [0.05, 0.1) is 12.7 Å². The maximum atomic E-state index is 10.5. The molecule has 4 aliphatic carbocycles. The molecule has 0 bridgehead atoms. The van der Waals surface area contributed by atoms with Crippen LogP contribution in [0.25, 0.3) is 0 Å². The van der Waals surface area contributed by atoms with Crippen molar-refractivity contribution in [2.75, 3.05) is 6.61 Å². The highest BCUT2D eigenvalue weighted by atomic mass is 16.7. The quantitative estimate of drug-likeness (QED) is 0.281. The average molecular weight is 575 g/mol. The van der Waals surface area contributed by atoms with E-state index < -0.39 is 37.3 Å². The molecular weight excluding hydrogens is 516 g/mol. The van der Waals surface area contributed by atoms with Crippen LogP contribution in [0.3, 0.4) is 0 Å². The summed E-state index contributed by atoms with van der Waals surface area (Å²) < 4.78 is 11.9. The number of rotatable bonds is 8. The molecule has 14 unspecified atom stereocenters. The van der Waals surface area contributed by atoms with Gasteiger partial charge in [0.15, 0.2) is 6.29 Å². The first kappa shape index (κ1) is 31.7. The molecule has 1 aliphatic heterocycles. The standard InChI is InChI=1S/C35H58O6/c1-7-22(20(2)3)9-8-21(4)26-12-13-27-25-11-10-23-18-24(14-16-34(23,5)28(25)15-17-35(26,27)6)40-33-32(39)31(38)30(37)29(19-36)41-33/h8-9,11,20-24,26-33,36-39H,7,10,12-19H2,1-6H3/b9-8+. The molecule has 0 amide bonds. The lowest BCUT2D eigenvalue weighted by atomic mass is 9.47. The normalized spacial score (nSPS) is 47.9. The fourth-order valence-corrected chi connectivity index (χ4v) is 10.2. The van der Waals surface area contributed by atoms with Crippen molar-refractivity contribution in [3.63, 3.8) is 0 Å². The van der Waals surface area contributed by atoms with E-state index in [2.05, 4.69) is 59.8 Å². The van der Waals surface area contributed by atoms with Crippen molar-refractivity contribution in [1.82, 2.24) is 0 Å². The Morgan fingerprint density at radius 1 is 0.951 bits per heavy atom. The zero-order chi connectivity index (χ0) is 29.7. The maximum Gasteiger partial charge on any atom is 0.186 e. The minimum Gasteiger partial charge on any atom is -0.394 e. The van der Waals surface area contributed by atoms with Crippen molar-refractivity contribution in [2.24, 2.45) is 52.3 Å². The summed E-state index contributed by atoms with van der Waals surface area (Å²) in [6.45, 7) is 14.2. The minimum absolute atomic E-state index is 0.0698. The fourth-order valence-electron chi connectivity index (χ4n) is 10.2. The van der Waals surface area contributed by atoms with Gasteiger partial charge in [-0.05, 0) is 110 Å². The molecule has 14 atom stereocenters. The number of fused-ring (bicyclic) bond motifs is 5. The van der Waals surface area contributed by atoms with Gasteiger partial charge < -0.3 is 29.9 Å². The van der Waals surface area contributed by atoms with E-state index in [1.54, 1.807) is 5.57 Å². The van der Waals surface area contributed by atoms with E-state index in [1.807, 2.05) is 0 Å². The third kappa shape index (κ3) is 5.64. The molecule has 0 aromatic rings. The third-order valence-corrected chi connectivity index (χ3v) is 12.9. The first-order valence-corrected chi connectivity index (χ1v) is 16.8. The first-order chi connectivity index (χ1) is 19.4. The SMILES string of the molecule is CCC(/C=C/C(C)C1CCC2C3=CCC4CC(OC5OC(CO)C(O)C(O)C5O)CCC4(C)C3CCC21C)C(C)C. The lowest BCUT2D eigenvalue weighted by Gasteiger charge is -2.58. The Morgan fingerprint density at radius 2 is 1.66 bits per heavy atom.